The van der Waals surface area contributed by atoms with E-state index in [2.05, 4.69) is 4.98 Å². The average Bonchev–Trinajstić information content (AvgIpc) is 2.50. The number of halogens is 2. The second-order valence-corrected chi connectivity index (χ2v) is 5.13. The second kappa shape index (κ2) is 5.70. The summed E-state index contributed by atoms with van der Waals surface area (Å²) in [4.78, 5) is 4.43. The van der Waals surface area contributed by atoms with E-state index in [-0.39, 0.29) is 5.82 Å². The zero-order valence-electron chi connectivity index (χ0n) is 11.4. The van der Waals surface area contributed by atoms with Gasteiger partial charge in [-0.05, 0) is 35.4 Å². The summed E-state index contributed by atoms with van der Waals surface area (Å²) in [5.74, 6) is 0.453. The maximum Gasteiger partial charge on any atom is 0.145 e. The van der Waals surface area contributed by atoms with Crippen LogP contribution in [0.25, 0.3) is 10.9 Å². The number of hydrogen-bond acceptors (Lipinski definition) is 2. The largest absolute Gasteiger partial charge is 0.494 e. The fourth-order valence-corrected chi connectivity index (χ4v) is 2.51. The number of rotatable bonds is 3. The standard InChI is InChI=1S/C17H13ClFNO/c1-21-15-4-2-3-12-10-13(17(18)20-16(12)15)9-11-5-7-14(19)8-6-11/h2-8,10H,9H2,1H3. The maximum atomic E-state index is 12.9. The molecule has 0 aliphatic carbocycles. The molecule has 0 saturated heterocycles. The molecule has 0 unspecified atom stereocenters. The van der Waals surface area contributed by atoms with Gasteiger partial charge in [-0.25, -0.2) is 9.37 Å². The van der Waals surface area contributed by atoms with Crippen molar-refractivity contribution in [1.82, 2.24) is 4.98 Å². The van der Waals surface area contributed by atoms with Gasteiger partial charge in [0.1, 0.15) is 22.2 Å². The minimum Gasteiger partial charge on any atom is -0.494 e. The van der Waals surface area contributed by atoms with E-state index in [4.69, 9.17) is 16.3 Å². The molecule has 0 fully saturated rings. The molecular weight excluding hydrogens is 289 g/mol. The molecule has 1 aromatic heterocycles. The molecular formula is C17H13ClFNO. The van der Waals surface area contributed by atoms with E-state index in [1.807, 2.05) is 24.3 Å². The Kier molecular flexibility index (Phi) is 3.76. The Morgan fingerprint density at radius 1 is 1.14 bits per heavy atom. The van der Waals surface area contributed by atoms with Crippen LogP contribution in [0.5, 0.6) is 5.75 Å². The van der Waals surface area contributed by atoms with Gasteiger partial charge in [-0.2, -0.15) is 0 Å². The number of methoxy groups -OCH3 is 1. The lowest BCUT2D eigenvalue weighted by Crippen LogP contribution is -1.94. The SMILES string of the molecule is COc1cccc2cc(Cc3ccc(F)cc3)c(Cl)nc12. The predicted octanol–water partition coefficient (Wildman–Crippen LogP) is 4.63. The fourth-order valence-electron chi connectivity index (χ4n) is 2.30. The zero-order valence-corrected chi connectivity index (χ0v) is 12.2. The molecule has 3 rings (SSSR count). The lowest BCUT2D eigenvalue weighted by molar-refractivity contribution is 0.419. The van der Waals surface area contributed by atoms with Crippen molar-refractivity contribution in [3.05, 3.63) is 70.6 Å². The van der Waals surface area contributed by atoms with E-state index in [1.165, 1.54) is 12.1 Å². The Morgan fingerprint density at radius 3 is 2.62 bits per heavy atom. The predicted molar refractivity (Wildman–Crippen MR) is 82.5 cm³/mol. The van der Waals surface area contributed by atoms with Crippen molar-refractivity contribution in [2.24, 2.45) is 0 Å². The van der Waals surface area contributed by atoms with Gasteiger partial charge in [0.25, 0.3) is 0 Å². The van der Waals surface area contributed by atoms with Crippen LogP contribution in [0.4, 0.5) is 4.39 Å². The van der Waals surface area contributed by atoms with Crippen LogP contribution in [-0.4, -0.2) is 12.1 Å². The average molecular weight is 302 g/mol. The van der Waals surface area contributed by atoms with Crippen LogP contribution in [0.3, 0.4) is 0 Å². The number of pyridine rings is 1. The molecule has 2 aromatic carbocycles. The molecule has 2 nitrogen and oxygen atoms in total. The first-order valence-corrected chi connectivity index (χ1v) is 6.92. The Hall–Kier alpha value is -2.13. The van der Waals surface area contributed by atoms with Gasteiger partial charge in [0.15, 0.2) is 0 Å². The van der Waals surface area contributed by atoms with E-state index < -0.39 is 0 Å². The van der Waals surface area contributed by atoms with Gasteiger partial charge in [0.2, 0.25) is 0 Å². The molecule has 0 aliphatic rings. The summed E-state index contributed by atoms with van der Waals surface area (Å²) in [5, 5.41) is 1.41. The van der Waals surface area contributed by atoms with Gasteiger partial charge in [-0.1, -0.05) is 35.9 Å². The highest BCUT2D eigenvalue weighted by molar-refractivity contribution is 6.30. The Labute approximate surface area is 127 Å². The van der Waals surface area contributed by atoms with Crippen molar-refractivity contribution in [2.75, 3.05) is 7.11 Å². The van der Waals surface area contributed by atoms with Gasteiger partial charge in [-0.15, -0.1) is 0 Å². The number of nitrogens with zero attached hydrogens (tertiary/aromatic N) is 1. The third-order valence-electron chi connectivity index (χ3n) is 3.36. The van der Waals surface area contributed by atoms with Crippen molar-refractivity contribution >= 4 is 22.5 Å². The summed E-state index contributed by atoms with van der Waals surface area (Å²) in [6, 6.07) is 14.1. The molecule has 1 heterocycles. The van der Waals surface area contributed by atoms with Gasteiger partial charge in [0.05, 0.1) is 7.11 Å². The minimum atomic E-state index is -0.244. The molecule has 0 aliphatic heterocycles. The Morgan fingerprint density at radius 2 is 1.90 bits per heavy atom. The van der Waals surface area contributed by atoms with Gasteiger partial charge in [0, 0.05) is 11.8 Å². The summed E-state index contributed by atoms with van der Waals surface area (Å²) < 4.78 is 18.2. The van der Waals surface area contributed by atoms with Gasteiger partial charge >= 0.3 is 0 Å². The number of hydrogen-bond donors (Lipinski definition) is 0. The summed E-state index contributed by atoms with van der Waals surface area (Å²) in [6.45, 7) is 0. The lowest BCUT2D eigenvalue weighted by Gasteiger charge is -2.09. The second-order valence-electron chi connectivity index (χ2n) is 4.77. The van der Waals surface area contributed by atoms with Crippen LogP contribution in [0, 0.1) is 5.82 Å². The summed E-state index contributed by atoms with van der Waals surface area (Å²) >= 11 is 6.27. The van der Waals surface area contributed by atoms with Crippen LogP contribution < -0.4 is 4.74 Å². The maximum absolute atomic E-state index is 12.9. The first-order valence-electron chi connectivity index (χ1n) is 6.54. The van der Waals surface area contributed by atoms with Crippen LogP contribution in [0.2, 0.25) is 5.15 Å². The molecule has 0 radical (unpaired) electrons. The van der Waals surface area contributed by atoms with Crippen LogP contribution in [0.1, 0.15) is 11.1 Å². The van der Waals surface area contributed by atoms with E-state index in [0.29, 0.717) is 17.3 Å². The van der Waals surface area contributed by atoms with Gasteiger partial charge in [-0.3, -0.25) is 0 Å². The van der Waals surface area contributed by atoms with Crippen molar-refractivity contribution < 1.29 is 9.13 Å². The molecule has 0 bridgehead atoms. The molecule has 0 saturated carbocycles. The topological polar surface area (TPSA) is 22.1 Å². The van der Waals surface area contributed by atoms with E-state index in [0.717, 1.165) is 22.0 Å². The molecule has 0 amide bonds. The zero-order chi connectivity index (χ0) is 14.8. The number of fused-ring (bicyclic) bond motifs is 1. The quantitative estimate of drug-likeness (QED) is 0.658. The first-order chi connectivity index (χ1) is 10.2. The van der Waals surface area contributed by atoms with Crippen molar-refractivity contribution in [3.63, 3.8) is 0 Å². The van der Waals surface area contributed by atoms with Crippen LogP contribution in [-0.2, 0) is 6.42 Å². The summed E-state index contributed by atoms with van der Waals surface area (Å²) in [5.41, 5.74) is 2.64. The van der Waals surface area contributed by atoms with E-state index >= 15 is 0 Å². The molecule has 21 heavy (non-hydrogen) atoms. The molecule has 0 atom stereocenters. The van der Waals surface area contributed by atoms with Crippen molar-refractivity contribution in [3.8, 4) is 5.75 Å². The first kappa shape index (κ1) is 13.8. The minimum absolute atomic E-state index is 0.244. The van der Waals surface area contributed by atoms with E-state index in [9.17, 15) is 4.39 Å². The number of para-hydroxylation sites is 1. The van der Waals surface area contributed by atoms with Crippen LogP contribution in [0.15, 0.2) is 48.5 Å². The molecule has 3 aromatic rings. The molecule has 0 N–H and O–H groups in total. The van der Waals surface area contributed by atoms with Crippen molar-refractivity contribution in [1.29, 1.82) is 0 Å². The highest BCUT2D eigenvalue weighted by atomic mass is 35.5. The van der Waals surface area contributed by atoms with Gasteiger partial charge < -0.3 is 4.74 Å². The monoisotopic (exact) mass is 301 g/mol. The van der Waals surface area contributed by atoms with Crippen molar-refractivity contribution in [2.45, 2.75) is 6.42 Å². The number of ether oxygens (including phenoxy) is 1. The van der Waals surface area contributed by atoms with Crippen LogP contribution >= 0.6 is 11.6 Å². The third-order valence-corrected chi connectivity index (χ3v) is 3.69. The third kappa shape index (κ3) is 2.83. The molecule has 106 valence electrons. The molecule has 0 spiro atoms. The summed E-state index contributed by atoms with van der Waals surface area (Å²) in [7, 11) is 1.61. The highest BCUT2D eigenvalue weighted by Gasteiger charge is 2.09. The summed E-state index contributed by atoms with van der Waals surface area (Å²) in [6.07, 6.45) is 0.610. The lowest BCUT2D eigenvalue weighted by atomic mass is 10.0. The Bertz CT molecular complexity index is 787. The molecule has 4 heteroatoms. The number of benzene rings is 2. The fraction of sp³-hybridized carbons (Fsp3) is 0.118. The normalized spacial score (nSPS) is 10.8. The van der Waals surface area contributed by atoms with E-state index in [1.54, 1.807) is 19.2 Å². The number of aromatic nitrogens is 1. The highest BCUT2D eigenvalue weighted by Crippen LogP contribution is 2.28. The smallest absolute Gasteiger partial charge is 0.145 e. The Balaban J connectivity index is 2.03.